The molecule has 0 spiro atoms. The molecule has 2 rings (SSSR count). The van der Waals surface area contributed by atoms with Gasteiger partial charge in [-0.3, -0.25) is 0 Å². The molecule has 0 saturated carbocycles. The van der Waals surface area contributed by atoms with Crippen LogP contribution < -0.4 is 5.73 Å². The number of ether oxygens (including phenoxy) is 1. The molecule has 1 aliphatic rings. The second-order valence-electron chi connectivity index (χ2n) is 5.69. The lowest BCUT2D eigenvalue weighted by atomic mass is 9.96. The van der Waals surface area contributed by atoms with Crippen molar-refractivity contribution in [2.24, 2.45) is 11.7 Å². The number of hydrogen-bond donors (Lipinski definition) is 1. The third-order valence-electron chi connectivity index (χ3n) is 4.06. The number of hydrogen-bond acceptors (Lipinski definition) is 5. The van der Waals surface area contributed by atoms with E-state index in [-0.39, 0.29) is 11.5 Å². The number of sulfonamides is 1. The van der Waals surface area contributed by atoms with Crippen LogP contribution in [0.25, 0.3) is 0 Å². The number of nitrogens with zero attached hydrogens (tertiary/aromatic N) is 1. The SMILES string of the molecule is CCOC(=O)c1ccc(S(=O)(=O)N2CCCC(CCN)C2)cc1. The highest BCUT2D eigenvalue weighted by Gasteiger charge is 2.30. The van der Waals surface area contributed by atoms with E-state index in [9.17, 15) is 13.2 Å². The van der Waals surface area contributed by atoms with Gasteiger partial charge in [0.05, 0.1) is 17.1 Å². The van der Waals surface area contributed by atoms with E-state index in [1.165, 1.54) is 28.6 Å². The van der Waals surface area contributed by atoms with Crippen molar-refractivity contribution in [3.8, 4) is 0 Å². The topological polar surface area (TPSA) is 89.7 Å². The number of piperidine rings is 1. The third-order valence-corrected chi connectivity index (χ3v) is 5.94. The molecule has 0 radical (unpaired) electrons. The zero-order valence-corrected chi connectivity index (χ0v) is 14.2. The van der Waals surface area contributed by atoms with Gasteiger partial charge >= 0.3 is 5.97 Å². The minimum Gasteiger partial charge on any atom is -0.462 e. The summed E-state index contributed by atoms with van der Waals surface area (Å²) in [4.78, 5) is 11.8. The van der Waals surface area contributed by atoms with E-state index in [1.807, 2.05) is 0 Å². The number of carbonyl (C=O) groups is 1. The predicted molar refractivity (Wildman–Crippen MR) is 87.6 cm³/mol. The van der Waals surface area contributed by atoms with E-state index < -0.39 is 16.0 Å². The van der Waals surface area contributed by atoms with Crippen LogP contribution in [0.4, 0.5) is 0 Å². The van der Waals surface area contributed by atoms with Gasteiger partial charge in [-0.25, -0.2) is 13.2 Å². The van der Waals surface area contributed by atoms with Gasteiger partial charge in [0.1, 0.15) is 0 Å². The Morgan fingerprint density at radius 3 is 2.65 bits per heavy atom. The first-order valence-corrected chi connectivity index (χ1v) is 9.40. The highest BCUT2D eigenvalue weighted by atomic mass is 32.2. The van der Waals surface area contributed by atoms with Crippen molar-refractivity contribution in [3.63, 3.8) is 0 Å². The number of nitrogens with two attached hydrogens (primary N) is 1. The molecule has 0 aromatic heterocycles. The summed E-state index contributed by atoms with van der Waals surface area (Å²) < 4.78 is 31.9. The molecule has 7 heteroatoms. The second kappa shape index (κ2) is 7.90. The van der Waals surface area contributed by atoms with Crippen molar-refractivity contribution < 1.29 is 17.9 Å². The van der Waals surface area contributed by atoms with Gasteiger partial charge in [-0.1, -0.05) is 0 Å². The molecule has 128 valence electrons. The van der Waals surface area contributed by atoms with Crippen molar-refractivity contribution in [1.82, 2.24) is 4.31 Å². The van der Waals surface area contributed by atoms with Gasteiger partial charge in [0.15, 0.2) is 0 Å². The predicted octanol–water partition coefficient (Wildman–Crippen LogP) is 1.61. The van der Waals surface area contributed by atoms with Crippen molar-refractivity contribution in [2.75, 3.05) is 26.2 Å². The molecule has 1 aromatic carbocycles. The minimum absolute atomic E-state index is 0.207. The second-order valence-corrected chi connectivity index (χ2v) is 7.63. The van der Waals surface area contributed by atoms with Crippen LogP contribution in [0.1, 0.15) is 36.5 Å². The van der Waals surface area contributed by atoms with E-state index in [4.69, 9.17) is 10.5 Å². The first-order valence-electron chi connectivity index (χ1n) is 7.96. The lowest BCUT2D eigenvalue weighted by molar-refractivity contribution is 0.0526. The van der Waals surface area contributed by atoms with Crippen LogP contribution >= 0.6 is 0 Å². The van der Waals surface area contributed by atoms with Crippen LogP contribution in [-0.4, -0.2) is 44.9 Å². The summed E-state index contributed by atoms with van der Waals surface area (Å²) in [5, 5.41) is 0. The quantitative estimate of drug-likeness (QED) is 0.795. The Labute approximate surface area is 137 Å². The normalized spacial score (nSPS) is 19.5. The average molecular weight is 340 g/mol. The number of carbonyl (C=O) groups excluding carboxylic acids is 1. The van der Waals surface area contributed by atoms with Crippen LogP contribution in [0.2, 0.25) is 0 Å². The Hall–Kier alpha value is -1.44. The summed E-state index contributed by atoms with van der Waals surface area (Å²) in [7, 11) is -3.53. The molecule has 1 unspecified atom stereocenters. The summed E-state index contributed by atoms with van der Waals surface area (Å²) in [6, 6.07) is 5.92. The van der Waals surface area contributed by atoms with Crippen LogP contribution in [0.5, 0.6) is 0 Å². The van der Waals surface area contributed by atoms with E-state index in [2.05, 4.69) is 0 Å². The Morgan fingerprint density at radius 2 is 2.04 bits per heavy atom. The molecule has 6 nitrogen and oxygen atoms in total. The average Bonchev–Trinajstić information content (AvgIpc) is 2.56. The molecule has 1 heterocycles. The Kier molecular flexibility index (Phi) is 6.15. The maximum absolute atomic E-state index is 12.7. The molecule has 23 heavy (non-hydrogen) atoms. The summed E-state index contributed by atoms with van der Waals surface area (Å²) in [5.41, 5.74) is 5.94. The van der Waals surface area contributed by atoms with Crippen molar-refractivity contribution >= 4 is 16.0 Å². The van der Waals surface area contributed by atoms with Crippen molar-refractivity contribution in [2.45, 2.75) is 31.1 Å². The highest BCUT2D eigenvalue weighted by molar-refractivity contribution is 7.89. The van der Waals surface area contributed by atoms with Crippen molar-refractivity contribution in [1.29, 1.82) is 0 Å². The number of esters is 1. The summed E-state index contributed by atoms with van der Waals surface area (Å²) in [5.74, 6) is -0.125. The van der Waals surface area contributed by atoms with Gasteiger partial charge in [0.25, 0.3) is 0 Å². The van der Waals surface area contributed by atoms with Crippen molar-refractivity contribution in [3.05, 3.63) is 29.8 Å². The zero-order valence-electron chi connectivity index (χ0n) is 13.4. The van der Waals surface area contributed by atoms with E-state index >= 15 is 0 Å². The maximum Gasteiger partial charge on any atom is 0.338 e. The zero-order chi connectivity index (χ0) is 16.9. The molecule has 0 aliphatic carbocycles. The summed E-state index contributed by atoms with van der Waals surface area (Å²) in [6.07, 6.45) is 2.71. The summed E-state index contributed by atoms with van der Waals surface area (Å²) >= 11 is 0. The van der Waals surface area contributed by atoms with Crippen LogP contribution in [0.15, 0.2) is 29.2 Å². The van der Waals surface area contributed by atoms with Gasteiger partial charge in [0, 0.05) is 13.1 Å². The Morgan fingerprint density at radius 1 is 1.35 bits per heavy atom. The Bertz CT molecular complexity index is 626. The van der Waals surface area contributed by atoms with Gasteiger partial charge in [-0.15, -0.1) is 0 Å². The van der Waals surface area contributed by atoms with E-state index in [0.717, 1.165) is 19.3 Å². The first kappa shape index (κ1) is 17.9. The lowest BCUT2D eigenvalue weighted by Gasteiger charge is -2.31. The summed E-state index contributed by atoms with van der Waals surface area (Å²) in [6.45, 7) is 3.63. The monoisotopic (exact) mass is 340 g/mol. The fraction of sp³-hybridized carbons (Fsp3) is 0.562. The van der Waals surface area contributed by atoms with Crippen LogP contribution in [0, 0.1) is 5.92 Å². The molecular formula is C16H24N2O4S. The highest BCUT2D eigenvalue weighted by Crippen LogP contribution is 2.25. The molecule has 1 atom stereocenters. The van der Waals surface area contributed by atoms with Crippen LogP contribution in [0.3, 0.4) is 0 Å². The molecule has 0 bridgehead atoms. The maximum atomic E-state index is 12.7. The molecule has 1 fully saturated rings. The van der Waals surface area contributed by atoms with E-state index in [0.29, 0.717) is 31.1 Å². The van der Waals surface area contributed by atoms with Gasteiger partial charge < -0.3 is 10.5 Å². The molecule has 1 saturated heterocycles. The number of rotatable bonds is 6. The lowest BCUT2D eigenvalue weighted by Crippen LogP contribution is -2.40. The smallest absolute Gasteiger partial charge is 0.338 e. The van der Waals surface area contributed by atoms with Gasteiger partial charge in [0.2, 0.25) is 10.0 Å². The van der Waals surface area contributed by atoms with Gasteiger partial charge in [-0.05, 0) is 62.9 Å². The van der Waals surface area contributed by atoms with Crippen LogP contribution in [-0.2, 0) is 14.8 Å². The largest absolute Gasteiger partial charge is 0.462 e. The minimum atomic E-state index is -3.53. The van der Waals surface area contributed by atoms with Gasteiger partial charge in [-0.2, -0.15) is 4.31 Å². The Balaban J connectivity index is 2.14. The molecule has 1 aromatic rings. The fourth-order valence-corrected chi connectivity index (χ4v) is 4.40. The molecular weight excluding hydrogens is 316 g/mol. The molecule has 2 N–H and O–H groups in total. The fourth-order valence-electron chi connectivity index (χ4n) is 2.84. The molecule has 0 amide bonds. The molecule has 1 aliphatic heterocycles. The number of benzene rings is 1. The first-order chi connectivity index (χ1) is 11.0. The third kappa shape index (κ3) is 4.31. The standard InChI is InChI=1S/C16H24N2O4S/c1-2-22-16(19)14-5-7-15(8-6-14)23(20,21)18-11-3-4-13(12-18)9-10-17/h5-8,13H,2-4,9-12,17H2,1H3. The van der Waals surface area contributed by atoms with E-state index in [1.54, 1.807) is 6.92 Å².